The Hall–Kier alpha value is -0.660. The zero-order valence-corrected chi connectivity index (χ0v) is 5.91. The first-order chi connectivity index (χ1) is 4.33. The van der Waals surface area contributed by atoms with Crippen molar-refractivity contribution >= 4 is 23.1 Å². The molecule has 5 heteroatoms. The second kappa shape index (κ2) is 2.76. The predicted molar refractivity (Wildman–Crippen MR) is 34.2 cm³/mol. The fourth-order valence-corrected chi connectivity index (χ4v) is 1.01. The lowest BCUT2D eigenvalue weighted by molar-refractivity contribution is 1.08. The van der Waals surface area contributed by atoms with Gasteiger partial charge in [-0.2, -0.15) is 9.64 Å². The average Bonchev–Trinajstić information content (AvgIpc) is 2.17. The molecule has 0 bridgehead atoms. The molecule has 1 rings (SSSR count). The van der Waals surface area contributed by atoms with E-state index in [-0.39, 0.29) is 6.42 Å². The quantitative estimate of drug-likeness (QED) is 0.620. The van der Waals surface area contributed by atoms with Crippen molar-refractivity contribution in [3.63, 3.8) is 0 Å². The van der Waals surface area contributed by atoms with Gasteiger partial charge in [0.15, 0.2) is 5.82 Å². The molecule has 1 heterocycles. The highest BCUT2D eigenvalue weighted by Gasteiger charge is 1.98. The van der Waals surface area contributed by atoms with Gasteiger partial charge in [0, 0.05) is 0 Å². The molecule has 0 amide bonds. The van der Waals surface area contributed by atoms with Crippen molar-refractivity contribution in [3.05, 3.63) is 10.3 Å². The van der Waals surface area contributed by atoms with Gasteiger partial charge in [0.05, 0.1) is 12.5 Å². The molecule has 9 heavy (non-hydrogen) atoms. The van der Waals surface area contributed by atoms with Crippen LogP contribution in [0.5, 0.6) is 0 Å². The van der Waals surface area contributed by atoms with Crippen LogP contribution in [0.2, 0.25) is 4.47 Å². The van der Waals surface area contributed by atoms with Crippen molar-refractivity contribution < 1.29 is 0 Å². The minimum Gasteiger partial charge on any atom is -0.207 e. The molecule has 1 aromatic heterocycles. The molecule has 0 saturated carbocycles. The summed E-state index contributed by atoms with van der Waals surface area (Å²) in [5, 5.41) is 8.16. The second-order valence-electron chi connectivity index (χ2n) is 1.30. The zero-order valence-electron chi connectivity index (χ0n) is 4.33. The van der Waals surface area contributed by atoms with Gasteiger partial charge in [0.25, 0.3) is 0 Å². The van der Waals surface area contributed by atoms with Crippen molar-refractivity contribution in [3.8, 4) is 6.07 Å². The van der Waals surface area contributed by atoms with Crippen molar-refractivity contribution in [2.75, 3.05) is 0 Å². The largest absolute Gasteiger partial charge is 0.207 e. The summed E-state index contributed by atoms with van der Waals surface area (Å²) in [7, 11) is 0. The van der Waals surface area contributed by atoms with E-state index in [1.54, 1.807) is 0 Å². The Morgan fingerprint density at radius 1 is 1.78 bits per heavy atom. The Morgan fingerprint density at radius 3 is 3.00 bits per heavy atom. The van der Waals surface area contributed by atoms with Crippen LogP contribution >= 0.6 is 23.1 Å². The lowest BCUT2D eigenvalue weighted by Crippen LogP contribution is -1.81. The minimum atomic E-state index is 0.239. The van der Waals surface area contributed by atoms with Crippen LogP contribution < -0.4 is 0 Å². The Kier molecular flexibility index (Phi) is 1.98. The first-order valence-electron chi connectivity index (χ1n) is 2.18. The number of hydrogen-bond donors (Lipinski definition) is 0. The normalized spacial score (nSPS) is 8.89. The first-order valence-corrected chi connectivity index (χ1v) is 3.33. The minimum absolute atomic E-state index is 0.239. The van der Waals surface area contributed by atoms with Gasteiger partial charge in [-0.1, -0.05) is 0 Å². The highest BCUT2D eigenvalue weighted by Crippen LogP contribution is 2.10. The second-order valence-corrected chi connectivity index (χ2v) is 2.63. The van der Waals surface area contributed by atoms with Crippen LogP contribution in [0.25, 0.3) is 0 Å². The van der Waals surface area contributed by atoms with Crippen molar-refractivity contribution in [2.24, 2.45) is 0 Å². The average molecular weight is 160 g/mol. The molecular weight excluding hydrogens is 158 g/mol. The van der Waals surface area contributed by atoms with Gasteiger partial charge in [0.1, 0.15) is 0 Å². The SMILES string of the molecule is N#CCc1nsc(Cl)n1. The molecule has 0 saturated heterocycles. The fourth-order valence-electron chi connectivity index (χ4n) is 0.375. The van der Waals surface area contributed by atoms with Gasteiger partial charge >= 0.3 is 0 Å². The number of nitrogens with zero attached hydrogens (tertiary/aromatic N) is 3. The summed E-state index contributed by atoms with van der Waals surface area (Å²) in [5.41, 5.74) is 0. The van der Waals surface area contributed by atoms with Gasteiger partial charge < -0.3 is 0 Å². The highest BCUT2D eigenvalue weighted by molar-refractivity contribution is 7.10. The summed E-state index contributed by atoms with van der Waals surface area (Å²) >= 11 is 6.53. The monoisotopic (exact) mass is 159 g/mol. The Morgan fingerprint density at radius 2 is 2.56 bits per heavy atom. The Labute approximate surface area is 61.1 Å². The standard InChI is InChI=1S/C4H2ClN3S/c5-4-7-3(1-2-6)8-9-4/h1H2. The highest BCUT2D eigenvalue weighted by atomic mass is 35.5. The van der Waals surface area contributed by atoms with Gasteiger partial charge in [-0.05, 0) is 23.1 Å². The van der Waals surface area contributed by atoms with E-state index >= 15 is 0 Å². The fraction of sp³-hybridized carbons (Fsp3) is 0.250. The molecule has 0 aliphatic carbocycles. The third-order valence-corrected chi connectivity index (χ3v) is 1.52. The van der Waals surface area contributed by atoms with Crippen LogP contribution in [0.4, 0.5) is 0 Å². The smallest absolute Gasteiger partial charge is 0.203 e. The van der Waals surface area contributed by atoms with E-state index in [1.807, 2.05) is 6.07 Å². The summed E-state index contributed by atoms with van der Waals surface area (Å²) in [6, 6.07) is 1.92. The molecule has 0 aromatic carbocycles. The number of halogens is 1. The molecule has 46 valence electrons. The summed E-state index contributed by atoms with van der Waals surface area (Å²) in [6.07, 6.45) is 0.239. The van der Waals surface area contributed by atoms with Crippen LogP contribution in [-0.4, -0.2) is 9.36 Å². The lowest BCUT2D eigenvalue weighted by Gasteiger charge is -1.74. The molecule has 0 aliphatic rings. The van der Waals surface area contributed by atoms with E-state index in [0.717, 1.165) is 11.5 Å². The van der Waals surface area contributed by atoms with E-state index in [4.69, 9.17) is 16.9 Å². The maximum Gasteiger partial charge on any atom is 0.203 e. The van der Waals surface area contributed by atoms with Crippen LogP contribution in [0, 0.1) is 11.3 Å². The molecule has 0 N–H and O–H groups in total. The van der Waals surface area contributed by atoms with E-state index in [9.17, 15) is 0 Å². The van der Waals surface area contributed by atoms with Gasteiger partial charge in [-0.25, -0.2) is 4.98 Å². The van der Waals surface area contributed by atoms with Crippen LogP contribution in [0.3, 0.4) is 0 Å². The molecule has 1 aromatic rings. The molecule has 0 spiro atoms. The molecule has 0 radical (unpaired) electrons. The molecule has 3 nitrogen and oxygen atoms in total. The maximum absolute atomic E-state index is 8.16. The number of aromatic nitrogens is 2. The topological polar surface area (TPSA) is 49.6 Å². The third kappa shape index (κ3) is 1.63. The number of nitriles is 1. The molecule has 0 aliphatic heterocycles. The zero-order chi connectivity index (χ0) is 6.69. The number of hydrogen-bond acceptors (Lipinski definition) is 4. The summed E-state index contributed by atoms with van der Waals surface area (Å²) < 4.78 is 4.17. The van der Waals surface area contributed by atoms with E-state index in [0.29, 0.717) is 10.3 Å². The molecule has 0 unspecified atom stereocenters. The van der Waals surface area contributed by atoms with E-state index in [1.165, 1.54) is 0 Å². The van der Waals surface area contributed by atoms with E-state index in [2.05, 4.69) is 9.36 Å². The van der Waals surface area contributed by atoms with Crippen LogP contribution in [0.15, 0.2) is 0 Å². The predicted octanol–water partition coefficient (Wildman–Crippen LogP) is 1.26. The molecule has 0 atom stereocenters. The molecular formula is C4H2ClN3S. The first kappa shape index (κ1) is 6.46. The summed E-state index contributed by atoms with van der Waals surface area (Å²) in [6.45, 7) is 0. The number of rotatable bonds is 1. The van der Waals surface area contributed by atoms with Gasteiger partial charge in [-0.3, -0.25) is 0 Å². The lowest BCUT2D eigenvalue weighted by atomic mass is 10.5. The van der Waals surface area contributed by atoms with Gasteiger partial charge in [0.2, 0.25) is 4.47 Å². The van der Waals surface area contributed by atoms with Crippen molar-refractivity contribution in [1.29, 1.82) is 5.26 Å². The third-order valence-electron chi connectivity index (χ3n) is 0.680. The van der Waals surface area contributed by atoms with E-state index < -0.39 is 0 Å². The van der Waals surface area contributed by atoms with Crippen LogP contribution in [0.1, 0.15) is 5.82 Å². The maximum atomic E-state index is 8.16. The summed E-state index contributed by atoms with van der Waals surface area (Å²) in [5.74, 6) is 0.507. The Bertz CT molecular complexity index is 238. The van der Waals surface area contributed by atoms with Crippen LogP contribution in [-0.2, 0) is 6.42 Å². The molecule has 0 fully saturated rings. The van der Waals surface area contributed by atoms with Gasteiger partial charge in [-0.15, -0.1) is 0 Å². The summed E-state index contributed by atoms with van der Waals surface area (Å²) in [4.78, 5) is 3.75. The van der Waals surface area contributed by atoms with Crippen molar-refractivity contribution in [1.82, 2.24) is 9.36 Å². The Balaban J connectivity index is 2.76. The van der Waals surface area contributed by atoms with Crippen molar-refractivity contribution in [2.45, 2.75) is 6.42 Å².